The summed E-state index contributed by atoms with van der Waals surface area (Å²) in [5.74, 6) is 0.811. The van der Waals surface area contributed by atoms with E-state index < -0.39 is 0 Å². The Morgan fingerprint density at radius 2 is 0.841 bits per heavy atom. The third-order valence-electron chi connectivity index (χ3n) is 13.7. The Balaban J connectivity index is 1.03. The molecule has 5 heteroatoms. The molecule has 0 amide bonds. The summed E-state index contributed by atoms with van der Waals surface area (Å²) < 4.78 is 7.31. The SMILES string of the molecule is c1ccc2c(c1)ccc1c2c2ccccc2n1-c1nc2ccccc2nc1-c1ccc(-n2c3ccc4ccccc4c3c3cc4c5ccccc5n5c6ccccc6c(c32)c45)cc1. The zero-order chi connectivity index (χ0) is 40.9. The molecule has 0 saturated heterocycles. The summed E-state index contributed by atoms with van der Waals surface area (Å²) in [5, 5.41) is 15.0. The fraction of sp³-hybridized carbons (Fsp3) is 0. The third-order valence-corrected chi connectivity index (χ3v) is 13.7. The van der Waals surface area contributed by atoms with Gasteiger partial charge in [0.1, 0.15) is 5.69 Å². The molecule has 15 aromatic rings. The van der Waals surface area contributed by atoms with Gasteiger partial charge in [0.05, 0.1) is 49.7 Å². The molecule has 0 bridgehead atoms. The van der Waals surface area contributed by atoms with Gasteiger partial charge < -0.3 is 8.97 Å². The van der Waals surface area contributed by atoms with Crippen molar-refractivity contribution in [3.8, 4) is 22.8 Å². The summed E-state index contributed by atoms with van der Waals surface area (Å²) in [6.07, 6.45) is 0. The van der Waals surface area contributed by atoms with Crippen LogP contribution < -0.4 is 0 Å². The second-order valence-corrected chi connectivity index (χ2v) is 16.9. The molecular weight excluding hydrogens is 767 g/mol. The van der Waals surface area contributed by atoms with Crippen molar-refractivity contribution in [1.29, 1.82) is 0 Å². The Kier molecular flexibility index (Phi) is 6.36. The first-order valence-electron chi connectivity index (χ1n) is 21.6. The van der Waals surface area contributed by atoms with Crippen LogP contribution in [0, 0.1) is 0 Å². The van der Waals surface area contributed by atoms with Gasteiger partial charge in [-0.3, -0.25) is 4.57 Å². The molecule has 0 fully saturated rings. The Bertz CT molecular complexity index is 4430. The van der Waals surface area contributed by atoms with Gasteiger partial charge in [0.2, 0.25) is 0 Å². The van der Waals surface area contributed by atoms with Crippen molar-refractivity contribution in [2.75, 3.05) is 0 Å². The molecule has 15 rings (SSSR count). The lowest BCUT2D eigenvalue weighted by Crippen LogP contribution is -2.04. The normalized spacial score (nSPS) is 12.4. The first-order valence-corrected chi connectivity index (χ1v) is 21.6. The molecule has 0 N–H and O–H groups in total. The maximum Gasteiger partial charge on any atom is 0.165 e. The highest BCUT2D eigenvalue weighted by atomic mass is 15.1. The number of hydrogen-bond donors (Lipinski definition) is 0. The number of rotatable bonds is 3. The van der Waals surface area contributed by atoms with Crippen LogP contribution >= 0.6 is 0 Å². The van der Waals surface area contributed by atoms with Gasteiger partial charge in [-0.1, -0.05) is 140 Å². The minimum absolute atomic E-state index is 0.811. The largest absolute Gasteiger partial charge is 0.309 e. The van der Waals surface area contributed by atoms with Crippen molar-refractivity contribution in [1.82, 2.24) is 23.5 Å². The van der Waals surface area contributed by atoms with Gasteiger partial charge in [0, 0.05) is 54.3 Å². The highest BCUT2D eigenvalue weighted by molar-refractivity contribution is 6.36. The fourth-order valence-electron chi connectivity index (χ4n) is 11.1. The van der Waals surface area contributed by atoms with Crippen LogP contribution in [0.25, 0.3) is 137 Å². The van der Waals surface area contributed by atoms with E-state index in [0.29, 0.717) is 0 Å². The van der Waals surface area contributed by atoms with E-state index in [1.807, 2.05) is 12.1 Å². The van der Waals surface area contributed by atoms with Crippen molar-refractivity contribution >= 4 is 114 Å². The molecule has 5 heterocycles. The molecule has 0 aliphatic rings. The lowest BCUT2D eigenvalue weighted by atomic mass is 10.0. The van der Waals surface area contributed by atoms with Gasteiger partial charge in [0.15, 0.2) is 5.82 Å². The van der Waals surface area contributed by atoms with E-state index in [9.17, 15) is 0 Å². The molecule has 0 aliphatic carbocycles. The Hall–Kier alpha value is -8.54. The monoisotopic (exact) mass is 799 g/mol. The van der Waals surface area contributed by atoms with E-state index >= 15 is 0 Å². The predicted octanol–water partition coefficient (Wildman–Crippen LogP) is 14.9. The molecule has 290 valence electrons. The average molecular weight is 800 g/mol. The molecule has 0 unspecified atom stereocenters. The van der Waals surface area contributed by atoms with Gasteiger partial charge in [-0.25, -0.2) is 9.97 Å². The number of nitrogens with zero attached hydrogens (tertiary/aromatic N) is 5. The molecule has 0 aliphatic heterocycles. The van der Waals surface area contributed by atoms with E-state index in [1.54, 1.807) is 0 Å². The topological polar surface area (TPSA) is 40.0 Å². The fourth-order valence-corrected chi connectivity index (χ4v) is 11.1. The molecule has 0 atom stereocenters. The minimum atomic E-state index is 0.811. The van der Waals surface area contributed by atoms with Gasteiger partial charge in [-0.15, -0.1) is 0 Å². The summed E-state index contributed by atoms with van der Waals surface area (Å²) >= 11 is 0. The molecule has 0 spiro atoms. The van der Waals surface area contributed by atoms with Crippen molar-refractivity contribution in [2.24, 2.45) is 0 Å². The van der Waals surface area contributed by atoms with Gasteiger partial charge in [0.25, 0.3) is 0 Å². The van der Waals surface area contributed by atoms with Crippen LogP contribution in [0.4, 0.5) is 0 Å². The highest BCUT2D eigenvalue weighted by Crippen LogP contribution is 2.48. The van der Waals surface area contributed by atoms with Crippen LogP contribution in [0.5, 0.6) is 0 Å². The van der Waals surface area contributed by atoms with E-state index in [0.717, 1.165) is 44.8 Å². The quantitative estimate of drug-likeness (QED) is 0.179. The second-order valence-electron chi connectivity index (χ2n) is 16.9. The molecule has 5 nitrogen and oxygen atoms in total. The molecule has 63 heavy (non-hydrogen) atoms. The number of para-hydroxylation sites is 5. The van der Waals surface area contributed by atoms with Crippen LogP contribution in [0.15, 0.2) is 200 Å². The van der Waals surface area contributed by atoms with E-state index in [-0.39, 0.29) is 0 Å². The molecule has 5 aromatic heterocycles. The van der Waals surface area contributed by atoms with Gasteiger partial charge >= 0.3 is 0 Å². The first-order chi connectivity index (χ1) is 31.3. The Labute approximate surface area is 359 Å². The second kappa shape index (κ2) is 12.1. The van der Waals surface area contributed by atoms with Crippen molar-refractivity contribution in [3.63, 3.8) is 0 Å². The molecule has 10 aromatic carbocycles. The van der Waals surface area contributed by atoms with E-state index in [4.69, 9.17) is 9.97 Å². The predicted molar refractivity (Wildman–Crippen MR) is 263 cm³/mol. The van der Waals surface area contributed by atoms with Crippen LogP contribution in [0.1, 0.15) is 0 Å². The Morgan fingerprint density at radius 1 is 0.317 bits per heavy atom. The lowest BCUT2D eigenvalue weighted by molar-refractivity contribution is 1.08. The van der Waals surface area contributed by atoms with Crippen molar-refractivity contribution in [3.05, 3.63) is 200 Å². The lowest BCUT2D eigenvalue weighted by Gasteiger charge is -2.15. The zero-order valence-electron chi connectivity index (χ0n) is 33.8. The Morgan fingerprint density at radius 3 is 1.54 bits per heavy atom. The summed E-state index contributed by atoms with van der Waals surface area (Å²) in [5.41, 5.74) is 13.0. The number of aromatic nitrogens is 5. The van der Waals surface area contributed by atoms with Crippen LogP contribution in [-0.4, -0.2) is 23.5 Å². The number of hydrogen-bond acceptors (Lipinski definition) is 2. The van der Waals surface area contributed by atoms with E-state index in [1.165, 1.54) is 92.2 Å². The maximum absolute atomic E-state index is 5.45. The smallest absolute Gasteiger partial charge is 0.165 e. The standard InChI is InChI=1S/C58H33N5/c1-3-15-38-34(13-1)28-32-51-52(38)41-18-6-12-24-49(41)63(51)58-55(59-45-20-8-9-21-46(45)60-58)36-25-29-37(30-26-36)61-50-31-27-35-14-2-4-16-39(35)53(50)44-33-43-40-17-5-10-22-47(40)62-48-23-11-7-19-42(48)54(56(43)62)57(44)61/h1-33H. The zero-order valence-corrected chi connectivity index (χ0v) is 33.8. The van der Waals surface area contributed by atoms with E-state index in [2.05, 4.69) is 202 Å². The molecule has 0 radical (unpaired) electrons. The van der Waals surface area contributed by atoms with Crippen LogP contribution in [0.3, 0.4) is 0 Å². The minimum Gasteiger partial charge on any atom is -0.309 e. The number of fused-ring (bicyclic) bond motifs is 18. The maximum atomic E-state index is 5.45. The molecular formula is C58H33N5. The summed E-state index contributed by atoms with van der Waals surface area (Å²) in [4.78, 5) is 10.9. The average Bonchev–Trinajstić information content (AvgIpc) is 4.08. The number of benzene rings is 10. The van der Waals surface area contributed by atoms with Crippen LogP contribution in [0.2, 0.25) is 0 Å². The van der Waals surface area contributed by atoms with Crippen molar-refractivity contribution < 1.29 is 0 Å². The van der Waals surface area contributed by atoms with Gasteiger partial charge in [-0.05, 0) is 82.2 Å². The van der Waals surface area contributed by atoms with Gasteiger partial charge in [-0.2, -0.15) is 0 Å². The van der Waals surface area contributed by atoms with Crippen LogP contribution in [-0.2, 0) is 0 Å². The summed E-state index contributed by atoms with van der Waals surface area (Å²) in [7, 11) is 0. The first kappa shape index (κ1) is 33.2. The summed E-state index contributed by atoms with van der Waals surface area (Å²) in [6.45, 7) is 0. The molecule has 0 saturated carbocycles. The summed E-state index contributed by atoms with van der Waals surface area (Å²) in [6, 6.07) is 72.7. The third kappa shape index (κ3) is 4.30. The highest BCUT2D eigenvalue weighted by Gasteiger charge is 2.26. The van der Waals surface area contributed by atoms with Crippen molar-refractivity contribution in [2.45, 2.75) is 0 Å².